The summed E-state index contributed by atoms with van der Waals surface area (Å²) in [5.41, 5.74) is 0. The lowest BCUT2D eigenvalue weighted by molar-refractivity contribution is -0.151. The van der Waals surface area contributed by atoms with Crippen LogP contribution in [0.25, 0.3) is 0 Å². The van der Waals surface area contributed by atoms with Gasteiger partial charge in [-0.15, -0.1) is 13.2 Å². The number of esters is 2. The zero-order chi connectivity index (χ0) is 14.6. The highest BCUT2D eigenvalue weighted by Gasteiger charge is 2.14. The second kappa shape index (κ2) is 12.8. The number of rotatable bonds is 7. The van der Waals surface area contributed by atoms with Gasteiger partial charge in [-0.25, -0.2) is 0 Å². The lowest BCUT2D eigenvalue weighted by Gasteiger charge is -2.10. The van der Waals surface area contributed by atoms with Crippen LogP contribution < -0.4 is 0 Å². The van der Waals surface area contributed by atoms with Crippen LogP contribution in [0.3, 0.4) is 0 Å². The van der Waals surface area contributed by atoms with Crippen LogP contribution in [0.2, 0.25) is 0 Å². The number of thiol groups is 2. The average molecular weight is 294 g/mol. The summed E-state index contributed by atoms with van der Waals surface area (Å²) in [5, 5.41) is -0.826. The Hall–Kier alpha value is -0.620. The van der Waals surface area contributed by atoms with E-state index in [2.05, 4.69) is 38.4 Å². The van der Waals surface area contributed by atoms with Crippen LogP contribution in [0.4, 0.5) is 0 Å². The van der Waals surface area contributed by atoms with E-state index in [9.17, 15) is 9.59 Å². The highest BCUT2D eigenvalue weighted by atomic mass is 32.1. The minimum atomic E-state index is -0.413. The molecule has 0 heterocycles. The van der Waals surface area contributed by atoms with E-state index in [-0.39, 0.29) is 25.2 Å². The second-order valence-electron chi connectivity index (χ2n) is 3.18. The standard InChI is InChI=1S/C10H18O4S2.C2H4/c1-3-7(15)9(11)13-5-6-14-10(12)8(16)4-2;1-2/h7-8,15-16H,3-6H2,1-2H3;1-2H2. The van der Waals surface area contributed by atoms with Gasteiger partial charge in [0.2, 0.25) is 0 Å². The summed E-state index contributed by atoms with van der Waals surface area (Å²) in [6.45, 7) is 9.80. The molecule has 0 bridgehead atoms. The Morgan fingerprint density at radius 2 is 1.22 bits per heavy atom. The fourth-order valence-electron chi connectivity index (χ4n) is 0.810. The van der Waals surface area contributed by atoms with Crippen LogP contribution in [0.5, 0.6) is 0 Å². The van der Waals surface area contributed by atoms with Crippen molar-refractivity contribution < 1.29 is 19.1 Å². The molecule has 0 spiro atoms. The van der Waals surface area contributed by atoms with Gasteiger partial charge in [-0.3, -0.25) is 9.59 Å². The van der Waals surface area contributed by atoms with Gasteiger partial charge in [0, 0.05) is 0 Å². The Balaban J connectivity index is 0. The molecule has 0 amide bonds. The first-order chi connectivity index (χ1) is 8.52. The van der Waals surface area contributed by atoms with E-state index in [1.54, 1.807) is 0 Å². The van der Waals surface area contributed by atoms with Gasteiger partial charge in [-0.2, -0.15) is 25.3 Å². The molecule has 0 N–H and O–H groups in total. The minimum absolute atomic E-state index is 0.0614. The van der Waals surface area contributed by atoms with Gasteiger partial charge < -0.3 is 9.47 Å². The molecule has 0 aliphatic heterocycles. The van der Waals surface area contributed by atoms with Crippen LogP contribution >= 0.6 is 25.3 Å². The van der Waals surface area contributed by atoms with Crippen molar-refractivity contribution in [1.82, 2.24) is 0 Å². The molecule has 0 saturated carbocycles. The molecule has 2 atom stereocenters. The molecule has 106 valence electrons. The van der Waals surface area contributed by atoms with Crippen molar-refractivity contribution >= 4 is 37.2 Å². The lowest BCUT2D eigenvalue weighted by Crippen LogP contribution is -2.23. The number of carbonyl (C=O) groups excluding carboxylic acids is 2. The zero-order valence-electron chi connectivity index (χ0n) is 10.9. The van der Waals surface area contributed by atoms with Crippen molar-refractivity contribution in [3.05, 3.63) is 13.2 Å². The SMILES string of the molecule is C=C.CCC(S)C(=O)OCCOC(=O)C(S)CC. The number of carbonyl (C=O) groups is 2. The Morgan fingerprint density at radius 1 is 0.944 bits per heavy atom. The van der Waals surface area contributed by atoms with Gasteiger partial charge in [-0.05, 0) is 12.8 Å². The topological polar surface area (TPSA) is 52.6 Å². The first kappa shape index (κ1) is 19.7. The predicted octanol–water partition coefficient (Wildman–Crippen LogP) is 2.29. The number of hydrogen-bond acceptors (Lipinski definition) is 6. The third kappa shape index (κ3) is 9.41. The second-order valence-corrected chi connectivity index (χ2v) is 4.43. The molecule has 0 rings (SSSR count). The van der Waals surface area contributed by atoms with Crippen LogP contribution in [-0.4, -0.2) is 35.7 Å². The summed E-state index contributed by atoms with van der Waals surface area (Å²) in [7, 11) is 0. The highest BCUT2D eigenvalue weighted by Crippen LogP contribution is 2.04. The molecule has 0 radical (unpaired) electrons. The third-order valence-corrected chi connectivity index (χ3v) is 3.04. The van der Waals surface area contributed by atoms with E-state index in [0.717, 1.165) is 0 Å². The summed E-state index contributed by atoms with van der Waals surface area (Å²) >= 11 is 8.04. The van der Waals surface area contributed by atoms with Crippen molar-refractivity contribution in [3.63, 3.8) is 0 Å². The van der Waals surface area contributed by atoms with Crippen LogP contribution in [0.15, 0.2) is 13.2 Å². The summed E-state index contributed by atoms with van der Waals surface area (Å²) in [5.74, 6) is -0.778. The van der Waals surface area contributed by atoms with Crippen molar-refractivity contribution in [2.24, 2.45) is 0 Å². The first-order valence-corrected chi connectivity index (χ1v) is 6.75. The summed E-state index contributed by atoms with van der Waals surface area (Å²) in [6.07, 6.45) is 1.21. The van der Waals surface area contributed by atoms with Crippen molar-refractivity contribution in [3.8, 4) is 0 Å². The molecule has 0 saturated heterocycles. The quantitative estimate of drug-likeness (QED) is 0.327. The molecule has 0 aromatic carbocycles. The molecule has 6 heteroatoms. The van der Waals surface area contributed by atoms with Gasteiger partial charge in [0.05, 0.1) is 10.5 Å². The Kier molecular flexibility index (Phi) is 14.0. The fraction of sp³-hybridized carbons (Fsp3) is 0.667. The molecule has 2 unspecified atom stereocenters. The number of hydrogen-bond donors (Lipinski definition) is 2. The van der Waals surface area contributed by atoms with Gasteiger partial charge in [0.1, 0.15) is 13.2 Å². The molecular formula is C12H22O4S2. The zero-order valence-corrected chi connectivity index (χ0v) is 12.7. The highest BCUT2D eigenvalue weighted by molar-refractivity contribution is 7.82. The maximum absolute atomic E-state index is 11.2. The van der Waals surface area contributed by atoms with E-state index in [4.69, 9.17) is 9.47 Å². The largest absolute Gasteiger partial charge is 0.461 e. The fourth-order valence-corrected chi connectivity index (χ4v) is 0.959. The van der Waals surface area contributed by atoms with Gasteiger partial charge in [0.15, 0.2) is 0 Å². The average Bonchev–Trinajstić information content (AvgIpc) is 2.43. The monoisotopic (exact) mass is 294 g/mol. The predicted molar refractivity (Wildman–Crippen MR) is 79.3 cm³/mol. The third-order valence-electron chi connectivity index (χ3n) is 1.89. The number of ether oxygens (including phenoxy) is 2. The molecule has 4 nitrogen and oxygen atoms in total. The Morgan fingerprint density at radius 3 is 1.44 bits per heavy atom. The molecule has 0 aromatic rings. The van der Waals surface area contributed by atoms with E-state index < -0.39 is 10.5 Å². The van der Waals surface area contributed by atoms with Crippen LogP contribution in [0.1, 0.15) is 26.7 Å². The van der Waals surface area contributed by atoms with Crippen molar-refractivity contribution in [2.75, 3.05) is 13.2 Å². The van der Waals surface area contributed by atoms with Gasteiger partial charge in [0.25, 0.3) is 0 Å². The normalized spacial score (nSPS) is 12.7. The van der Waals surface area contributed by atoms with E-state index in [1.807, 2.05) is 13.8 Å². The van der Waals surface area contributed by atoms with Gasteiger partial charge >= 0.3 is 11.9 Å². The molecular weight excluding hydrogens is 272 g/mol. The minimum Gasteiger partial charge on any atom is -0.461 e. The van der Waals surface area contributed by atoms with Gasteiger partial charge in [-0.1, -0.05) is 13.8 Å². The summed E-state index contributed by atoms with van der Waals surface area (Å²) < 4.78 is 9.68. The van der Waals surface area contributed by atoms with Crippen LogP contribution in [0, 0.1) is 0 Å². The van der Waals surface area contributed by atoms with Crippen LogP contribution in [-0.2, 0) is 19.1 Å². The van der Waals surface area contributed by atoms with Crippen molar-refractivity contribution in [1.29, 1.82) is 0 Å². The smallest absolute Gasteiger partial charge is 0.318 e. The lowest BCUT2D eigenvalue weighted by atomic mass is 10.3. The molecule has 0 fully saturated rings. The Bertz CT molecular complexity index is 222. The maximum Gasteiger partial charge on any atom is 0.318 e. The summed E-state index contributed by atoms with van der Waals surface area (Å²) in [4.78, 5) is 22.3. The summed E-state index contributed by atoms with van der Waals surface area (Å²) in [6, 6.07) is 0. The molecule has 0 aromatic heterocycles. The molecule has 18 heavy (non-hydrogen) atoms. The molecule has 0 aliphatic rings. The van der Waals surface area contributed by atoms with E-state index in [0.29, 0.717) is 12.8 Å². The first-order valence-electron chi connectivity index (χ1n) is 5.72. The Labute approximate surface area is 120 Å². The van der Waals surface area contributed by atoms with E-state index in [1.165, 1.54) is 0 Å². The molecule has 0 aliphatic carbocycles. The van der Waals surface area contributed by atoms with Crippen molar-refractivity contribution in [2.45, 2.75) is 37.2 Å². The maximum atomic E-state index is 11.2. The van der Waals surface area contributed by atoms with E-state index >= 15 is 0 Å².